The molecule has 13 nitrogen and oxygen atoms in total. The Morgan fingerprint density at radius 3 is 2.50 bits per heavy atom. The zero-order valence-electron chi connectivity index (χ0n) is 27.2. The van der Waals surface area contributed by atoms with Crippen molar-refractivity contribution >= 4 is 42.7 Å². The molecule has 3 aromatic rings. The van der Waals surface area contributed by atoms with Crippen LogP contribution in [-0.4, -0.2) is 47.5 Å². The Morgan fingerprint density at radius 1 is 1.12 bits per heavy atom. The molecule has 2 unspecified atom stereocenters. The van der Waals surface area contributed by atoms with Crippen LogP contribution in [0.4, 0.5) is 11.6 Å². The van der Waals surface area contributed by atoms with Crippen LogP contribution in [0.3, 0.4) is 0 Å². The number of rotatable bonds is 18. The van der Waals surface area contributed by atoms with E-state index in [-0.39, 0.29) is 23.8 Å². The minimum atomic E-state index is -3.72. The summed E-state index contributed by atoms with van der Waals surface area (Å²) in [5, 5.41) is 16.8. The summed E-state index contributed by atoms with van der Waals surface area (Å²) < 4.78 is 32.4. The molecule has 1 aliphatic carbocycles. The lowest BCUT2D eigenvalue weighted by Gasteiger charge is -2.28. The Bertz CT molecular complexity index is 1590. The van der Waals surface area contributed by atoms with Gasteiger partial charge in [0.1, 0.15) is 23.0 Å². The third kappa shape index (κ3) is 10.3. The minimum absolute atomic E-state index is 0.142. The molecule has 4 rings (SSSR count). The van der Waals surface area contributed by atoms with Crippen LogP contribution in [0, 0.1) is 16.0 Å². The molecule has 260 valence electrons. The highest BCUT2D eigenvalue weighted by Crippen LogP contribution is 2.50. The number of nitrogens with two attached hydrogens (primary N) is 1. The molecule has 2 aromatic carbocycles. The fourth-order valence-electron chi connectivity index (χ4n) is 5.40. The van der Waals surface area contributed by atoms with Crippen LogP contribution in [0.2, 0.25) is 0 Å². The van der Waals surface area contributed by atoms with Gasteiger partial charge < -0.3 is 25.3 Å². The van der Waals surface area contributed by atoms with Crippen molar-refractivity contribution in [2.45, 2.75) is 64.5 Å². The lowest BCUT2D eigenvalue weighted by Crippen LogP contribution is -2.27. The molecular formula is C33H43ClN5O8P. The van der Waals surface area contributed by atoms with Crippen molar-refractivity contribution in [3.05, 3.63) is 87.2 Å². The number of hydrogen-bond donors (Lipinski definition) is 3. The molecule has 4 N–H and O–H groups in total. The first-order valence-electron chi connectivity index (χ1n) is 16.0. The zero-order chi connectivity index (χ0) is 34.7. The maximum Gasteiger partial charge on any atom is 0.433 e. The molecule has 0 spiro atoms. The first-order chi connectivity index (χ1) is 23.0. The van der Waals surface area contributed by atoms with Gasteiger partial charge in [0.15, 0.2) is 0 Å². The molecule has 2 amide bonds. The van der Waals surface area contributed by atoms with Crippen LogP contribution < -0.4 is 20.9 Å². The van der Waals surface area contributed by atoms with Crippen LogP contribution >= 0.6 is 19.3 Å². The van der Waals surface area contributed by atoms with E-state index in [2.05, 4.69) is 10.4 Å². The van der Waals surface area contributed by atoms with Crippen LogP contribution in [-0.2, 0) is 15.7 Å². The van der Waals surface area contributed by atoms with Crippen molar-refractivity contribution in [1.82, 2.24) is 9.99 Å². The van der Waals surface area contributed by atoms with Gasteiger partial charge in [-0.05, 0) is 93.6 Å². The molecule has 1 fully saturated rings. The number of alkyl halides is 1. The van der Waals surface area contributed by atoms with Gasteiger partial charge in [-0.2, -0.15) is 0 Å². The molecule has 1 heterocycles. The second-order valence-corrected chi connectivity index (χ2v) is 14.5. The highest BCUT2D eigenvalue weighted by atomic mass is 35.5. The summed E-state index contributed by atoms with van der Waals surface area (Å²) >= 11 is 5.81. The summed E-state index contributed by atoms with van der Waals surface area (Å²) in [7, 11) is -2.09. The topological polar surface area (TPSA) is 179 Å². The van der Waals surface area contributed by atoms with Crippen molar-refractivity contribution in [2.75, 3.05) is 31.2 Å². The van der Waals surface area contributed by atoms with E-state index in [0.29, 0.717) is 60.4 Å². The fraction of sp³-hybridized carbons (Fsp3) is 0.455. The number of primary amides is 1. The molecule has 1 saturated carbocycles. The molecule has 1 aliphatic rings. The van der Waals surface area contributed by atoms with E-state index in [1.807, 2.05) is 6.07 Å². The average Bonchev–Trinajstić information content (AvgIpc) is 3.57. The Balaban J connectivity index is 1.40. The molecule has 48 heavy (non-hydrogen) atoms. The van der Waals surface area contributed by atoms with Gasteiger partial charge in [-0.3, -0.25) is 24.2 Å². The van der Waals surface area contributed by atoms with Crippen LogP contribution in [0.15, 0.2) is 59.0 Å². The highest BCUT2D eigenvalue weighted by molar-refractivity contribution is 7.58. The number of furan rings is 1. The molecule has 0 saturated heterocycles. The molecule has 0 bridgehead atoms. The largest absolute Gasteiger partial charge is 0.492 e. The van der Waals surface area contributed by atoms with Gasteiger partial charge in [-0.25, -0.2) is 9.24 Å². The summed E-state index contributed by atoms with van der Waals surface area (Å²) in [5.41, 5.74) is 7.41. The van der Waals surface area contributed by atoms with Gasteiger partial charge in [-0.1, -0.05) is 25.3 Å². The summed E-state index contributed by atoms with van der Waals surface area (Å²) in [5.74, 6) is 0.0979. The number of anilines is 1. The number of nitrogens with zero attached hydrogens (tertiary/aromatic N) is 2. The Morgan fingerprint density at radius 2 is 1.85 bits per heavy atom. The van der Waals surface area contributed by atoms with Crippen LogP contribution in [0.25, 0.3) is 0 Å². The number of halogens is 1. The van der Waals surface area contributed by atoms with E-state index < -0.39 is 30.4 Å². The second kappa shape index (κ2) is 17.5. The summed E-state index contributed by atoms with van der Waals surface area (Å²) in [6.45, 7) is 2.47. The van der Waals surface area contributed by atoms with Gasteiger partial charge >= 0.3 is 13.6 Å². The average molecular weight is 704 g/mol. The van der Waals surface area contributed by atoms with Crippen LogP contribution in [0.1, 0.15) is 90.0 Å². The normalized spacial score (nSPS) is 15.4. The Labute approximate surface area is 285 Å². The third-order valence-electron chi connectivity index (χ3n) is 8.26. The number of carbonyl (C=O) groups is 2. The lowest BCUT2D eigenvalue weighted by atomic mass is 9.90. The predicted molar refractivity (Wildman–Crippen MR) is 183 cm³/mol. The molecule has 1 aromatic heterocycles. The Hall–Kier alpha value is -3.90. The number of hydrogen-bond acceptors (Lipinski definition) is 8. The number of ether oxygens (including phenoxy) is 1. The van der Waals surface area contributed by atoms with Crippen molar-refractivity contribution in [3.8, 4) is 5.75 Å². The summed E-state index contributed by atoms with van der Waals surface area (Å²) in [6, 6.07) is 13.7. The van der Waals surface area contributed by atoms with Crippen molar-refractivity contribution in [3.63, 3.8) is 0 Å². The Kier molecular flexibility index (Phi) is 13.5. The summed E-state index contributed by atoms with van der Waals surface area (Å²) in [4.78, 5) is 35.7. The molecular weight excluding hydrogens is 661 g/mol. The van der Waals surface area contributed by atoms with E-state index in [9.17, 15) is 24.3 Å². The van der Waals surface area contributed by atoms with E-state index in [0.717, 1.165) is 12.8 Å². The number of unbranched alkanes of at least 4 members (excludes halogenated alkanes) is 1. The highest BCUT2D eigenvalue weighted by Gasteiger charge is 2.30. The first kappa shape index (κ1) is 36.9. The van der Waals surface area contributed by atoms with Crippen molar-refractivity contribution in [2.24, 2.45) is 11.7 Å². The fourth-order valence-corrected chi connectivity index (χ4v) is 7.20. The van der Waals surface area contributed by atoms with Crippen molar-refractivity contribution in [1.29, 1.82) is 0 Å². The second-order valence-electron chi connectivity index (χ2n) is 11.9. The van der Waals surface area contributed by atoms with E-state index in [1.54, 1.807) is 50.4 Å². The number of nitrogens with one attached hydrogen (secondary N) is 2. The zero-order valence-corrected chi connectivity index (χ0v) is 28.8. The standard InChI is InChI=1S/C33H43ClN5O8P/c1-23(26-12-16-30(29(20-26)32(35)40)45-21-24-8-4-3-5-9-24)36-33(41)25-10-13-27(14-11-25)37-48(44,38(2)19-7-6-18-34)46-22-28-15-17-31(47-28)39(42)43/h10-17,20,23-24H,3-9,18-19,21-22H2,1-2H3,(H2,35,40)(H,36,41)(H,37,44). The van der Waals surface area contributed by atoms with E-state index >= 15 is 0 Å². The van der Waals surface area contributed by atoms with E-state index in [4.69, 9.17) is 31.0 Å². The maximum absolute atomic E-state index is 14.0. The predicted octanol–water partition coefficient (Wildman–Crippen LogP) is 7.42. The molecule has 15 heteroatoms. The third-order valence-corrected chi connectivity index (χ3v) is 10.6. The smallest absolute Gasteiger partial charge is 0.433 e. The number of benzene rings is 2. The molecule has 0 aliphatic heterocycles. The monoisotopic (exact) mass is 703 g/mol. The number of nitro groups is 1. The summed E-state index contributed by atoms with van der Waals surface area (Å²) in [6.07, 6.45) is 7.23. The van der Waals surface area contributed by atoms with E-state index in [1.165, 1.54) is 36.1 Å². The number of amides is 2. The van der Waals surface area contributed by atoms with Gasteiger partial charge in [0.25, 0.3) is 11.8 Å². The quantitative estimate of drug-likeness (QED) is 0.0397. The minimum Gasteiger partial charge on any atom is -0.492 e. The van der Waals surface area contributed by atoms with Gasteiger partial charge in [0.05, 0.1) is 24.3 Å². The molecule has 0 radical (unpaired) electrons. The lowest BCUT2D eigenvalue weighted by molar-refractivity contribution is -0.402. The van der Waals surface area contributed by atoms with Crippen LogP contribution in [0.5, 0.6) is 5.75 Å². The van der Waals surface area contributed by atoms with Gasteiger partial charge in [-0.15, -0.1) is 11.6 Å². The van der Waals surface area contributed by atoms with Crippen molar-refractivity contribution < 1.29 is 32.8 Å². The maximum atomic E-state index is 14.0. The molecule has 2 atom stereocenters. The first-order valence-corrected chi connectivity index (χ1v) is 18.1. The SMILES string of the molecule is CC(NC(=O)c1ccc(NP(=O)(OCc2ccc([N+](=O)[O-])o2)N(C)CCCCCl)cc1)c1ccc(OCC2CCCCC2)c(C(N)=O)c1. The number of carbonyl (C=O) groups excluding carboxylic acids is 2. The van der Waals surface area contributed by atoms with Gasteiger partial charge in [0, 0.05) is 23.7 Å². The van der Waals surface area contributed by atoms with Gasteiger partial charge in [0.2, 0.25) is 0 Å².